The number of nitrogens with zero attached hydrogens (tertiary/aromatic N) is 3. The fourth-order valence-corrected chi connectivity index (χ4v) is 5.98. The average molecular weight is 438 g/mol. The van der Waals surface area contributed by atoms with E-state index in [1.807, 2.05) is 4.90 Å². The number of amides is 1. The van der Waals surface area contributed by atoms with Crippen LogP contribution in [0.2, 0.25) is 0 Å². The first kappa shape index (κ1) is 20.2. The van der Waals surface area contributed by atoms with Gasteiger partial charge in [0, 0.05) is 24.5 Å². The lowest BCUT2D eigenvalue weighted by molar-refractivity contribution is -0.139. The van der Waals surface area contributed by atoms with Crippen molar-refractivity contribution in [2.24, 2.45) is 4.40 Å². The molecule has 1 fully saturated rings. The molecule has 3 heterocycles. The lowest BCUT2D eigenvalue weighted by Gasteiger charge is -2.24. The van der Waals surface area contributed by atoms with E-state index in [1.165, 1.54) is 11.8 Å². The lowest BCUT2D eigenvalue weighted by atomic mass is 10.2. The standard InChI is InChI=1S/C19H23N3O5S2/c1-13(17(23)21-8-4-2-3-5-9-21)27-18(24)14-6-7-15-16(12-14)28-19-20-29(25,26)11-10-22(15)19/h6-7,12-13H,2-5,8-11H2,1H3/t13-/m0/s1. The first-order valence-electron chi connectivity index (χ1n) is 9.76. The minimum absolute atomic E-state index is 0.0313. The molecule has 0 saturated carbocycles. The summed E-state index contributed by atoms with van der Waals surface area (Å²) in [5, 5.41) is 0.404. The van der Waals surface area contributed by atoms with Crippen molar-refractivity contribution in [3.63, 3.8) is 0 Å². The van der Waals surface area contributed by atoms with Crippen LogP contribution in [0.3, 0.4) is 0 Å². The molecule has 1 aromatic rings. The normalized spacial score (nSPS) is 21.5. The molecule has 10 heteroatoms. The highest BCUT2D eigenvalue weighted by Crippen LogP contribution is 2.42. The van der Waals surface area contributed by atoms with Crippen molar-refractivity contribution in [3.05, 3.63) is 23.8 Å². The van der Waals surface area contributed by atoms with Crippen LogP contribution in [0.15, 0.2) is 27.5 Å². The Morgan fingerprint density at radius 3 is 2.59 bits per heavy atom. The molecule has 3 aliphatic rings. The van der Waals surface area contributed by atoms with Crippen molar-refractivity contribution in [2.45, 2.75) is 43.6 Å². The molecule has 1 saturated heterocycles. The fraction of sp³-hybridized carbons (Fsp3) is 0.526. The number of carbonyl (C=O) groups is 2. The van der Waals surface area contributed by atoms with Gasteiger partial charge in [-0.25, -0.2) is 13.2 Å². The van der Waals surface area contributed by atoms with E-state index in [1.54, 1.807) is 30.0 Å². The highest BCUT2D eigenvalue weighted by molar-refractivity contribution is 8.15. The molecular weight excluding hydrogens is 414 g/mol. The minimum atomic E-state index is -3.43. The number of carbonyl (C=O) groups excluding carboxylic acids is 2. The quantitative estimate of drug-likeness (QED) is 0.669. The summed E-state index contributed by atoms with van der Waals surface area (Å²) in [4.78, 5) is 29.6. The molecule has 156 valence electrons. The van der Waals surface area contributed by atoms with Crippen molar-refractivity contribution in [3.8, 4) is 0 Å². The van der Waals surface area contributed by atoms with Gasteiger partial charge in [-0.3, -0.25) is 4.79 Å². The molecule has 4 rings (SSSR count). The summed E-state index contributed by atoms with van der Waals surface area (Å²) in [5.41, 5.74) is 1.16. The Kier molecular flexibility index (Phi) is 5.56. The van der Waals surface area contributed by atoms with E-state index in [0.717, 1.165) is 36.3 Å². The molecule has 0 aliphatic carbocycles. The minimum Gasteiger partial charge on any atom is -0.449 e. The van der Waals surface area contributed by atoms with Gasteiger partial charge in [-0.1, -0.05) is 12.8 Å². The van der Waals surface area contributed by atoms with Crippen LogP contribution in [0.5, 0.6) is 0 Å². The third kappa shape index (κ3) is 4.28. The van der Waals surface area contributed by atoms with Gasteiger partial charge in [0.1, 0.15) is 0 Å². The number of amidine groups is 1. The molecule has 0 unspecified atom stereocenters. The fourth-order valence-electron chi connectivity index (χ4n) is 3.68. The molecule has 0 aromatic heterocycles. The second kappa shape index (κ2) is 7.98. The van der Waals surface area contributed by atoms with Crippen molar-refractivity contribution in [1.29, 1.82) is 0 Å². The zero-order valence-electron chi connectivity index (χ0n) is 16.2. The molecule has 1 aromatic carbocycles. The van der Waals surface area contributed by atoms with Gasteiger partial charge in [-0.05, 0) is 49.7 Å². The van der Waals surface area contributed by atoms with E-state index >= 15 is 0 Å². The number of likely N-dealkylation sites (tertiary alicyclic amines) is 1. The topological polar surface area (TPSA) is 96.3 Å². The molecular formula is C19H23N3O5S2. The van der Waals surface area contributed by atoms with Gasteiger partial charge < -0.3 is 14.5 Å². The maximum absolute atomic E-state index is 12.6. The van der Waals surface area contributed by atoms with E-state index in [9.17, 15) is 18.0 Å². The Morgan fingerprint density at radius 2 is 1.86 bits per heavy atom. The molecule has 3 aliphatic heterocycles. The molecule has 0 N–H and O–H groups in total. The smallest absolute Gasteiger partial charge is 0.338 e. The Hall–Kier alpha value is -2.07. The Morgan fingerprint density at radius 1 is 1.14 bits per heavy atom. The van der Waals surface area contributed by atoms with E-state index < -0.39 is 22.1 Å². The molecule has 0 bridgehead atoms. The third-order valence-electron chi connectivity index (χ3n) is 5.26. The third-order valence-corrected chi connectivity index (χ3v) is 7.56. The van der Waals surface area contributed by atoms with E-state index in [4.69, 9.17) is 4.74 Å². The van der Waals surface area contributed by atoms with Gasteiger partial charge >= 0.3 is 5.97 Å². The largest absolute Gasteiger partial charge is 0.449 e. The summed E-state index contributed by atoms with van der Waals surface area (Å²) in [6.07, 6.45) is 3.35. The van der Waals surface area contributed by atoms with Crippen LogP contribution >= 0.6 is 11.8 Å². The Labute approximate surface area is 174 Å². The van der Waals surface area contributed by atoms with Crippen molar-refractivity contribution in [2.75, 3.05) is 30.3 Å². The van der Waals surface area contributed by atoms with Crippen LogP contribution in [0.25, 0.3) is 0 Å². The number of fused-ring (bicyclic) bond motifs is 3. The second-order valence-corrected chi connectivity index (χ2v) is 10.1. The number of ether oxygens (including phenoxy) is 1. The number of sulfonamides is 1. The van der Waals surface area contributed by atoms with E-state index in [-0.39, 0.29) is 11.7 Å². The maximum Gasteiger partial charge on any atom is 0.338 e. The number of hydrogen-bond donors (Lipinski definition) is 0. The van der Waals surface area contributed by atoms with Gasteiger partial charge in [-0.15, -0.1) is 4.40 Å². The summed E-state index contributed by atoms with van der Waals surface area (Å²) < 4.78 is 32.7. The highest BCUT2D eigenvalue weighted by atomic mass is 32.2. The number of benzene rings is 1. The van der Waals surface area contributed by atoms with Gasteiger partial charge in [0.2, 0.25) is 0 Å². The second-order valence-electron chi connectivity index (χ2n) is 7.38. The lowest BCUT2D eigenvalue weighted by Crippen LogP contribution is -2.40. The van der Waals surface area contributed by atoms with Crippen LogP contribution in [0, 0.1) is 0 Å². The van der Waals surface area contributed by atoms with Crippen molar-refractivity contribution in [1.82, 2.24) is 4.90 Å². The van der Waals surface area contributed by atoms with Crippen molar-refractivity contribution < 1.29 is 22.7 Å². The summed E-state index contributed by atoms with van der Waals surface area (Å²) in [7, 11) is -3.43. The van der Waals surface area contributed by atoms with Crippen LogP contribution in [-0.4, -0.2) is 61.9 Å². The van der Waals surface area contributed by atoms with Crippen LogP contribution in [0.1, 0.15) is 43.0 Å². The maximum atomic E-state index is 12.6. The van der Waals surface area contributed by atoms with Gasteiger partial charge in [0.15, 0.2) is 11.3 Å². The van der Waals surface area contributed by atoms with Gasteiger partial charge in [0.25, 0.3) is 15.9 Å². The van der Waals surface area contributed by atoms with Crippen LogP contribution < -0.4 is 4.90 Å². The number of esters is 1. The van der Waals surface area contributed by atoms with Gasteiger partial charge in [0.05, 0.1) is 17.0 Å². The van der Waals surface area contributed by atoms with Crippen LogP contribution in [-0.2, 0) is 19.6 Å². The predicted octanol–water partition coefficient (Wildman–Crippen LogP) is 2.25. The first-order chi connectivity index (χ1) is 13.8. The zero-order chi connectivity index (χ0) is 20.6. The first-order valence-corrected chi connectivity index (χ1v) is 12.2. The number of hydrogen-bond acceptors (Lipinski definition) is 7. The predicted molar refractivity (Wildman–Crippen MR) is 111 cm³/mol. The molecule has 1 atom stereocenters. The molecule has 0 radical (unpaired) electrons. The summed E-state index contributed by atoms with van der Waals surface area (Å²) in [6.45, 7) is 3.35. The van der Waals surface area contributed by atoms with Crippen molar-refractivity contribution >= 4 is 44.5 Å². The summed E-state index contributed by atoms with van der Waals surface area (Å²) in [5.74, 6) is -0.757. The zero-order valence-corrected chi connectivity index (χ0v) is 17.8. The average Bonchev–Trinajstić information content (AvgIpc) is 2.84. The SMILES string of the molecule is C[C@H](OC(=O)c1ccc2c(c1)SC1=NS(=O)(=O)CCN12)C(=O)N1CCCCCC1. The molecule has 1 amide bonds. The molecule has 8 nitrogen and oxygen atoms in total. The van der Waals surface area contributed by atoms with Crippen LogP contribution in [0.4, 0.5) is 5.69 Å². The Bertz CT molecular complexity index is 968. The van der Waals surface area contributed by atoms with E-state index in [2.05, 4.69) is 4.40 Å². The number of rotatable bonds is 3. The Balaban J connectivity index is 1.45. The highest BCUT2D eigenvalue weighted by Gasteiger charge is 2.34. The van der Waals surface area contributed by atoms with Gasteiger partial charge in [-0.2, -0.15) is 0 Å². The molecule has 0 spiro atoms. The number of thioether (sulfide) groups is 1. The monoisotopic (exact) mass is 437 g/mol. The summed E-state index contributed by atoms with van der Waals surface area (Å²) >= 11 is 1.22. The molecule has 29 heavy (non-hydrogen) atoms. The summed E-state index contributed by atoms with van der Waals surface area (Å²) in [6, 6.07) is 5.07. The van der Waals surface area contributed by atoms with E-state index in [0.29, 0.717) is 30.4 Å². The number of anilines is 1.